The van der Waals surface area contributed by atoms with Gasteiger partial charge in [0.2, 0.25) is 5.91 Å². The van der Waals surface area contributed by atoms with Crippen LogP contribution < -0.4 is 10.1 Å². The normalized spacial score (nSPS) is 11.5. The zero-order valence-electron chi connectivity index (χ0n) is 16.0. The molecule has 6 nitrogen and oxygen atoms in total. The number of para-hydroxylation sites is 1. The number of nitrogens with zero attached hydrogens (tertiary/aromatic N) is 1. The van der Waals surface area contributed by atoms with Gasteiger partial charge in [0.05, 0.1) is 17.9 Å². The van der Waals surface area contributed by atoms with E-state index in [1.165, 1.54) is 12.1 Å². The summed E-state index contributed by atoms with van der Waals surface area (Å²) in [5.41, 5.74) is 2.14. The van der Waals surface area contributed by atoms with Crippen LogP contribution in [0.4, 0.5) is 0 Å². The number of amides is 1. The zero-order valence-corrected chi connectivity index (χ0v) is 16.8. The topological polar surface area (TPSA) is 77.4 Å². The van der Waals surface area contributed by atoms with Crippen LogP contribution in [0.3, 0.4) is 0 Å². The number of aryl methyl sites for hydroxylation is 1. The number of carbonyl (C=O) groups excluding carboxylic acids is 1. The Morgan fingerprint density at radius 1 is 1.11 bits per heavy atom. The van der Waals surface area contributed by atoms with Gasteiger partial charge in [-0.2, -0.15) is 0 Å². The van der Waals surface area contributed by atoms with Crippen molar-refractivity contribution in [3.8, 4) is 5.75 Å². The molecule has 0 atom stereocenters. The van der Waals surface area contributed by atoms with Gasteiger partial charge in [-0.25, -0.2) is 8.42 Å². The van der Waals surface area contributed by atoms with E-state index >= 15 is 0 Å². The number of hydrogen-bond acceptors (Lipinski definition) is 4. The highest BCUT2D eigenvalue weighted by atomic mass is 32.2. The Balaban J connectivity index is 1.50. The number of rotatable bonds is 8. The molecule has 0 saturated carbocycles. The molecule has 0 aliphatic rings. The second-order valence-corrected chi connectivity index (χ2v) is 8.59. The van der Waals surface area contributed by atoms with E-state index in [9.17, 15) is 13.2 Å². The summed E-state index contributed by atoms with van der Waals surface area (Å²) in [5.74, 6) is 0.502. The lowest BCUT2D eigenvalue weighted by Crippen LogP contribution is -2.29. The molecular formula is C21H24N2O4S. The van der Waals surface area contributed by atoms with Gasteiger partial charge in [0.1, 0.15) is 12.4 Å². The van der Waals surface area contributed by atoms with Crippen molar-refractivity contribution >= 4 is 26.6 Å². The molecule has 0 unspecified atom stereocenters. The summed E-state index contributed by atoms with van der Waals surface area (Å²) in [6.07, 6.45) is 3.51. The second kappa shape index (κ2) is 8.48. The average Bonchev–Trinajstić information content (AvgIpc) is 3.03. The highest BCUT2D eigenvalue weighted by Gasteiger charge is 2.11. The van der Waals surface area contributed by atoms with Crippen LogP contribution in [0, 0.1) is 0 Å². The summed E-state index contributed by atoms with van der Waals surface area (Å²) in [6.45, 7) is 3.62. The smallest absolute Gasteiger partial charge is 0.224 e. The minimum Gasteiger partial charge on any atom is -0.492 e. The number of fused-ring (bicyclic) bond motifs is 1. The molecule has 0 radical (unpaired) electrons. The molecule has 0 aliphatic heterocycles. The Morgan fingerprint density at radius 3 is 2.50 bits per heavy atom. The Kier molecular flexibility index (Phi) is 6.04. The van der Waals surface area contributed by atoms with Crippen LogP contribution >= 0.6 is 0 Å². The van der Waals surface area contributed by atoms with Crippen LogP contribution in [0.2, 0.25) is 0 Å². The van der Waals surface area contributed by atoms with E-state index in [2.05, 4.69) is 22.9 Å². The van der Waals surface area contributed by atoms with Crippen molar-refractivity contribution < 1.29 is 17.9 Å². The van der Waals surface area contributed by atoms with Crippen molar-refractivity contribution in [2.45, 2.75) is 24.8 Å². The number of ether oxygens (including phenoxy) is 1. The maximum atomic E-state index is 12.3. The van der Waals surface area contributed by atoms with Crippen molar-refractivity contribution in [2.75, 3.05) is 19.4 Å². The van der Waals surface area contributed by atoms with Crippen LogP contribution in [-0.2, 0) is 27.6 Å². The van der Waals surface area contributed by atoms with E-state index < -0.39 is 9.84 Å². The number of hydrogen-bond donors (Lipinski definition) is 1. The first-order valence-corrected chi connectivity index (χ1v) is 11.0. The zero-order chi connectivity index (χ0) is 20.1. The number of nitrogens with one attached hydrogen (secondary N) is 1. The first-order chi connectivity index (χ1) is 13.4. The Bertz CT molecular complexity index is 1070. The molecule has 2 aromatic carbocycles. The molecule has 28 heavy (non-hydrogen) atoms. The summed E-state index contributed by atoms with van der Waals surface area (Å²) in [6, 6.07) is 14.3. The summed E-state index contributed by atoms with van der Waals surface area (Å²) in [7, 11) is -3.22. The molecule has 0 fully saturated rings. The summed E-state index contributed by atoms with van der Waals surface area (Å²) < 4.78 is 30.6. The van der Waals surface area contributed by atoms with Crippen molar-refractivity contribution in [1.82, 2.24) is 9.88 Å². The fraction of sp³-hybridized carbons (Fsp3) is 0.286. The molecule has 3 rings (SSSR count). The highest BCUT2D eigenvalue weighted by molar-refractivity contribution is 7.90. The van der Waals surface area contributed by atoms with Gasteiger partial charge in [-0.1, -0.05) is 18.2 Å². The van der Waals surface area contributed by atoms with Crippen LogP contribution in [-0.4, -0.2) is 38.3 Å². The Labute approximate surface area is 165 Å². The lowest BCUT2D eigenvalue weighted by molar-refractivity contribution is -0.120. The van der Waals surface area contributed by atoms with Crippen molar-refractivity contribution in [3.05, 3.63) is 60.3 Å². The maximum Gasteiger partial charge on any atom is 0.224 e. The minimum atomic E-state index is -3.22. The van der Waals surface area contributed by atoms with Crippen LogP contribution in [0.1, 0.15) is 12.5 Å². The molecule has 1 N–H and O–H groups in total. The average molecular weight is 401 g/mol. The lowest BCUT2D eigenvalue weighted by Gasteiger charge is -2.08. The van der Waals surface area contributed by atoms with Gasteiger partial charge in [-0.3, -0.25) is 4.79 Å². The predicted octanol–water partition coefficient (Wildman–Crippen LogP) is 2.80. The first kappa shape index (κ1) is 19.9. The summed E-state index contributed by atoms with van der Waals surface area (Å²) in [5, 5.41) is 3.96. The van der Waals surface area contributed by atoms with E-state index in [0.29, 0.717) is 25.3 Å². The number of carbonyl (C=O) groups is 1. The first-order valence-electron chi connectivity index (χ1n) is 9.15. The summed E-state index contributed by atoms with van der Waals surface area (Å²) in [4.78, 5) is 12.5. The molecule has 1 amide bonds. The van der Waals surface area contributed by atoms with E-state index in [0.717, 1.165) is 29.3 Å². The van der Waals surface area contributed by atoms with E-state index in [1.54, 1.807) is 12.1 Å². The lowest BCUT2D eigenvalue weighted by atomic mass is 10.1. The van der Waals surface area contributed by atoms with Gasteiger partial charge < -0.3 is 14.6 Å². The summed E-state index contributed by atoms with van der Waals surface area (Å²) >= 11 is 0. The Hall–Kier alpha value is -2.80. The molecule has 3 aromatic rings. The fourth-order valence-electron chi connectivity index (χ4n) is 3.10. The molecule has 0 spiro atoms. The second-order valence-electron chi connectivity index (χ2n) is 6.58. The maximum absolute atomic E-state index is 12.3. The molecule has 0 bridgehead atoms. The molecule has 148 valence electrons. The van der Waals surface area contributed by atoms with Gasteiger partial charge in [0.15, 0.2) is 9.84 Å². The van der Waals surface area contributed by atoms with Crippen LogP contribution in [0.5, 0.6) is 5.75 Å². The number of aromatic nitrogens is 1. The van der Waals surface area contributed by atoms with Gasteiger partial charge in [-0.15, -0.1) is 0 Å². The number of benzene rings is 2. The van der Waals surface area contributed by atoms with Crippen molar-refractivity contribution in [3.63, 3.8) is 0 Å². The van der Waals surface area contributed by atoms with E-state index in [1.807, 2.05) is 24.4 Å². The monoisotopic (exact) mass is 400 g/mol. The quantitative estimate of drug-likeness (QED) is 0.590. The molecule has 0 aliphatic carbocycles. The largest absolute Gasteiger partial charge is 0.492 e. The molecule has 1 aromatic heterocycles. The van der Waals surface area contributed by atoms with Gasteiger partial charge >= 0.3 is 0 Å². The standard InChI is InChI=1S/C21H24N2O4S/c1-3-23-15-16(19-6-4-5-7-20(19)23)14-21(24)22-12-13-27-17-8-10-18(11-9-17)28(2,25)26/h4-11,15H,3,12-14H2,1-2H3,(H,22,24). The van der Waals surface area contributed by atoms with Crippen LogP contribution in [0.15, 0.2) is 59.6 Å². The Morgan fingerprint density at radius 2 is 1.82 bits per heavy atom. The van der Waals surface area contributed by atoms with E-state index in [-0.39, 0.29) is 10.8 Å². The van der Waals surface area contributed by atoms with Gasteiger partial charge in [0.25, 0.3) is 0 Å². The van der Waals surface area contributed by atoms with Gasteiger partial charge in [0, 0.05) is 29.9 Å². The molecule has 1 heterocycles. The SMILES string of the molecule is CCn1cc(CC(=O)NCCOc2ccc(S(C)(=O)=O)cc2)c2ccccc21. The van der Waals surface area contributed by atoms with Crippen LogP contribution in [0.25, 0.3) is 10.9 Å². The van der Waals surface area contributed by atoms with E-state index in [4.69, 9.17) is 4.74 Å². The highest BCUT2D eigenvalue weighted by Crippen LogP contribution is 2.21. The van der Waals surface area contributed by atoms with Gasteiger partial charge in [-0.05, 0) is 42.8 Å². The molecular weight excluding hydrogens is 376 g/mol. The van der Waals surface area contributed by atoms with Crippen molar-refractivity contribution in [2.24, 2.45) is 0 Å². The third-order valence-electron chi connectivity index (χ3n) is 4.51. The number of sulfone groups is 1. The predicted molar refractivity (Wildman–Crippen MR) is 109 cm³/mol. The third kappa shape index (κ3) is 4.72. The molecule has 0 saturated heterocycles. The fourth-order valence-corrected chi connectivity index (χ4v) is 3.73. The molecule has 7 heteroatoms. The third-order valence-corrected chi connectivity index (χ3v) is 5.64. The minimum absolute atomic E-state index is 0.0602. The van der Waals surface area contributed by atoms with Crippen molar-refractivity contribution in [1.29, 1.82) is 0 Å².